The van der Waals surface area contributed by atoms with E-state index in [1.165, 1.54) is 6.92 Å². The number of hydrogen-bond acceptors (Lipinski definition) is 6. The number of aliphatic hydroxyl groups excluding tert-OH is 3. The van der Waals surface area contributed by atoms with Crippen LogP contribution in [-0.2, 0) is 9.59 Å². The van der Waals surface area contributed by atoms with Crippen LogP contribution in [0.25, 0.3) is 0 Å². The van der Waals surface area contributed by atoms with E-state index in [1.54, 1.807) is 0 Å². The third kappa shape index (κ3) is 3.93. The van der Waals surface area contributed by atoms with E-state index in [2.05, 4.69) is 4.99 Å². The molecule has 0 aliphatic rings. The molecule has 0 amide bonds. The van der Waals surface area contributed by atoms with E-state index in [4.69, 9.17) is 26.2 Å². The zero-order valence-corrected chi connectivity index (χ0v) is 8.57. The first-order valence-corrected chi connectivity index (χ1v) is 4.34. The summed E-state index contributed by atoms with van der Waals surface area (Å²) in [5.41, 5.74) is 5.17. The molecular formula is C8H14N2O6. The van der Waals surface area contributed by atoms with Crippen molar-refractivity contribution < 1.29 is 30.0 Å². The molecule has 0 bridgehead atoms. The predicted octanol–water partition coefficient (Wildman–Crippen LogP) is -2.90. The molecule has 0 saturated heterocycles. The minimum Gasteiger partial charge on any atom is -0.479 e. The van der Waals surface area contributed by atoms with E-state index in [-0.39, 0.29) is 5.84 Å². The normalized spacial score (nSPS) is 17.6. The summed E-state index contributed by atoms with van der Waals surface area (Å²) in [5, 5.41) is 35.2. The minimum absolute atomic E-state index is 0.00980. The van der Waals surface area contributed by atoms with Gasteiger partial charge in [-0.25, -0.2) is 4.79 Å². The second kappa shape index (κ2) is 6.16. The molecule has 0 aromatic carbocycles. The van der Waals surface area contributed by atoms with Crippen molar-refractivity contribution in [1.82, 2.24) is 0 Å². The van der Waals surface area contributed by atoms with Crippen LogP contribution in [0.15, 0.2) is 4.99 Å². The van der Waals surface area contributed by atoms with Crippen molar-refractivity contribution in [1.29, 1.82) is 0 Å². The monoisotopic (exact) mass is 234 g/mol. The quantitative estimate of drug-likeness (QED) is 0.244. The van der Waals surface area contributed by atoms with Gasteiger partial charge in [-0.15, -0.1) is 0 Å². The van der Waals surface area contributed by atoms with E-state index in [0.29, 0.717) is 0 Å². The van der Waals surface area contributed by atoms with Gasteiger partial charge in [-0.1, -0.05) is 0 Å². The number of carbonyl (C=O) groups excluding carboxylic acids is 1. The van der Waals surface area contributed by atoms with E-state index in [9.17, 15) is 9.59 Å². The van der Waals surface area contributed by atoms with Gasteiger partial charge in [-0.05, 0) is 6.92 Å². The van der Waals surface area contributed by atoms with Crippen molar-refractivity contribution in [2.75, 3.05) is 6.61 Å². The van der Waals surface area contributed by atoms with Crippen molar-refractivity contribution >= 4 is 17.6 Å². The lowest BCUT2D eigenvalue weighted by Crippen LogP contribution is -2.45. The Morgan fingerprint density at radius 1 is 1.31 bits per heavy atom. The molecule has 0 aromatic heterocycles. The van der Waals surface area contributed by atoms with Crippen LogP contribution in [0.1, 0.15) is 6.92 Å². The third-order valence-corrected chi connectivity index (χ3v) is 1.70. The molecule has 0 unspecified atom stereocenters. The van der Waals surface area contributed by atoms with Gasteiger partial charge in [0.15, 0.2) is 18.0 Å². The van der Waals surface area contributed by atoms with Crippen LogP contribution in [0.2, 0.25) is 0 Å². The molecule has 0 fully saturated rings. The van der Waals surface area contributed by atoms with Gasteiger partial charge < -0.3 is 26.2 Å². The standard InChI is InChI=1S/C8H14N2O6/c1-3(9)10-4(2-11)5(12)6(13)7(14)8(15)16/h4,6-7,11,13-14H,2H2,1H3,(H2,9,10)(H,15,16)/t4-,6+,7-/m1/s1. The zero-order valence-electron chi connectivity index (χ0n) is 8.57. The number of nitrogens with zero attached hydrogens (tertiary/aromatic N) is 1. The SMILES string of the molecule is CC(N)=N[C@H](CO)C(=O)[C@H](O)[C@@H](O)C(=O)O. The van der Waals surface area contributed by atoms with Gasteiger partial charge >= 0.3 is 5.97 Å². The van der Waals surface area contributed by atoms with E-state index in [1.807, 2.05) is 0 Å². The Kier molecular flexibility index (Phi) is 5.57. The fourth-order valence-corrected chi connectivity index (χ4v) is 0.928. The molecule has 16 heavy (non-hydrogen) atoms. The molecule has 0 spiro atoms. The van der Waals surface area contributed by atoms with Crippen molar-refractivity contribution in [3.63, 3.8) is 0 Å². The Balaban J connectivity index is 4.76. The number of Topliss-reactive ketones (excluding diaryl/α,β-unsaturated/α-hetero) is 1. The van der Waals surface area contributed by atoms with Crippen molar-refractivity contribution in [2.24, 2.45) is 10.7 Å². The summed E-state index contributed by atoms with van der Waals surface area (Å²) in [7, 11) is 0. The summed E-state index contributed by atoms with van der Waals surface area (Å²) >= 11 is 0. The zero-order chi connectivity index (χ0) is 12.9. The number of amidine groups is 1. The van der Waals surface area contributed by atoms with Crippen molar-refractivity contribution in [3.05, 3.63) is 0 Å². The van der Waals surface area contributed by atoms with E-state index in [0.717, 1.165) is 0 Å². The molecule has 0 radical (unpaired) electrons. The number of nitrogens with two attached hydrogens (primary N) is 1. The average Bonchev–Trinajstić information content (AvgIpc) is 2.22. The highest BCUT2D eigenvalue weighted by Gasteiger charge is 2.34. The number of carboxylic acids is 1. The molecule has 0 heterocycles. The summed E-state index contributed by atoms with van der Waals surface area (Å²) in [6, 6.07) is -1.38. The molecule has 0 saturated carbocycles. The van der Waals surface area contributed by atoms with Crippen LogP contribution in [0.4, 0.5) is 0 Å². The number of carbonyl (C=O) groups is 2. The van der Waals surface area contributed by atoms with Crippen molar-refractivity contribution in [3.8, 4) is 0 Å². The van der Waals surface area contributed by atoms with Gasteiger partial charge in [0.25, 0.3) is 0 Å². The number of rotatable bonds is 6. The van der Waals surface area contributed by atoms with Crippen LogP contribution in [-0.4, -0.2) is 62.9 Å². The van der Waals surface area contributed by atoms with Gasteiger partial charge in [0, 0.05) is 0 Å². The average molecular weight is 234 g/mol. The van der Waals surface area contributed by atoms with E-state index < -0.39 is 36.6 Å². The minimum atomic E-state index is -2.25. The lowest BCUT2D eigenvalue weighted by atomic mass is 10.0. The summed E-state index contributed by atoms with van der Waals surface area (Å²) in [5.74, 6) is -2.86. The summed E-state index contributed by atoms with van der Waals surface area (Å²) in [6.07, 6.45) is -4.41. The van der Waals surface area contributed by atoms with Gasteiger partial charge in [-0.2, -0.15) is 0 Å². The molecule has 92 valence electrons. The number of aliphatic carboxylic acids is 1. The van der Waals surface area contributed by atoms with Crippen LogP contribution in [0, 0.1) is 0 Å². The molecule has 0 aliphatic heterocycles. The molecular weight excluding hydrogens is 220 g/mol. The fraction of sp³-hybridized carbons (Fsp3) is 0.625. The number of hydrogen-bond donors (Lipinski definition) is 5. The maximum Gasteiger partial charge on any atom is 0.335 e. The molecule has 6 N–H and O–H groups in total. The largest absolute Gasteiger partial charge is 0.479 e. The Morgan fingerprint density at radius 2 is 1.81 bits per heavy atom. The second-order valence-corrected chi connectivity index (χ2v) is 3.10. The summed E-state index contributed by atoms with van der Waals surface area (Å²) in [4.78, 5) is 25.1. The predicted molar refractivity (Wildman–Crippen MR) is 52.8 cm³/mol. The Morgan fingerprint density at radius 3 is 2.12 bits per heavy atom. The van der Waals surface area contributed by atoms with Crippen LogP contribution >= 0.6 is 0 Å². The maximum absolute atomic E-state index is 11.4. The van der Waals surface area contributed by atoms with Crippen LogP contribution in [0.3, 0.4) is 0 Å². The molecule has 0 aromatic rings. The smallest absolute Gasteiger partial charge is 0.335 e. The number of ketones is 1. The Labute approximate surface area is 91.0 Å². The summed E-state index contributed by atoms with van der Waals surface area (Å²) < 4.78 is 0. The lowest BCUT2D eigenvalue weighted by molar-refractivity contribution is -0.158. The number of aliphatic imine (C=N–C) groups is 1. The van der Waals surface area contributed by atoms with Crippen LogP contribution < -0.4 is 5.73 Å². The molecule has 0 aliphatic carbocycles. The van der Waals surface area contributed by atoms with Crippen LogP contribution in [0.5, 0.6) is 0 Å². The first kappa shape index (κ1) is 14.5. The van der Waals surface area contributed by atoms with Gasteiger partial charge in [-0.3, -0.25) is 9.79 Å². The topological polar surface area (TPSA) is 153 Å². The highest BCUT2D eigenvalue weighted by atomic mass is 16.4. The first-order chi connectivity index (χ1) is 7.31. The second-order valence-electron chi connectivity index (χ2n) is 3.10. The maximum atomic E-state index is 11.4. The van der Waals surface area contributed by atoms with Gasteiger partial charge in [0.2, 0.25) is 0 Å². The molecule has 3 atom stereocenters. The Hall–Kier alpha value is -1.51. The lowest BCUT2D eigenvalue weighted by Gasteiger charge is -2.16. The molecule has 0 rings (SSSR count). The molecule has 8 nitrogen and oxygen atoms in total. The number of aliphatic hydroxyl groups is 3. The third-order valence-electron chi connectivity index (χ3n) is 1.70. The highest BCUT2D eigenvalue weighted by Crippen LogP contribution is 2.03. The first-order valence-electron chi connectivity index (χ1n) is 4.34. The highest BCUT2D eigenvalue weighted by molar-refractivity contribution is 5.94. The van der Waals surface area contributed by atoms with Gasteiger partial charge in [0.05, 0.1) is 12.4 Å². The van der Waals surface area contributed by atoms with Gasteiger partial charge in [0.1, 0.15) is 6.04 Å². The number of carboxylic acid groups (broad SMARTS) is 1. The fourth-order valence-electron chi connectivity index (χ4n) is 0.928. The molecule has 8 heteroatoms. The van der Waals surface area contributed by atoms with Crippen molar-refractivity contribution in [2.45, 2.75) is 25.2 Å². The Bertz CT molecular complexity index is 299. The summed E-state index contributed by atoms with van der Waals surface area (Å²) in [6.45, 7) is 0.618. The van der Waals surface area contributed by atoms with E-state index >= 15 is 0 Å².